The number of pyridine rings is 1. The first-order chi connectivity index (χ1) is 9.99. The SMILES string of the molecule is Cc1cc(C(=O)N(C)Cc2cccc(Cl)c2)cc(NN)n1. The molecule has 1 aromatic carbocycles. The topological polar surface area (TPSA) is 71.2 Å². The van der Waals surface area contributed by atoms with Crippen molar-refractivity contribution >= 4 is 23.3 Å². The largest absolute Gasteiger partial charge is 0.337 e. The molecule has 5 nitrogen and oxygen atoms in total. The lowest BCUT2D eigenvalue weighted by molar-refractivity contribution is 0.0785. The van der Waals surface area contributed by atoms with E-state index in [-0.39, 0.29) is 5.91 Å². The third kappa shape index (κ3) is 3.93. The highest BCUT2D eigenvalue weighted by molar-refractivity contribution is 6.30. The second kappa shape index (κ2) is 6.56. The molecule has 1 amide bonds. The van der Waals surface area contributed by atoms with E-state index in [0.717, 1.165) is 11.3 Å². The normalized spacial score (nSPS) is 10.3. The van der Waals surface area contributed by atoms with Crippen molar-refractivity contribution in [3.63, 3.8) is 0 Å². The molecule has 21 heavy (non-hydrogen) atoms. The van der Waals surface area contributed by atoms with Crippen LogP contribution in [0.25, 0.3) is 0 Å². The van der Waals surface area contributed by atoms with E-state index in [1.54, 1.807) is 30.1 Å². The summed E-state index contributed by atoms with van der Waals surface area (Å²) in [7, 11) is 1.74. The van der Waals surface area contributed by atoms with Crippen LogP contribution in [-0.4, -0.2) is 22.8 Å². The number of nitrogens with one attached hydrogen (secondary N) is 1. The van der Waals surface area contributed by atoms with Crippen LogP contribution in [-0.2, 0) is 6.54 Å². The number of aryl methyl sites for hydroxylation is 1. The fraction of sp³-hybridized carbons (Fsp3) is 0.200. The van der Waals surface area contributed by atoms with Crippen molar-refractivity contribution in [2.45, 2.75) is 13.5 Å². The molecule has 6 heteroatoms. The van der Waals surface area contributed by atoms with Gasteiger partial charge in [-0.1, -0.05) is 23.7 Å². The summed E-state index contributed by atoms with van der Waals surface area (Å²) < 4.78 is 0. The monoisotopic (exact) mass is 304 g/mol. The molecule has 0 bridgehead atoms. The number of nitrogens with two attached hydrogens (primary N) is 1. The van der Waals surface area contributed by atoms with Gasteiger partial charge in [-0.05, 0) is 36.8 Å². The van der Waals surface area contributed by atoms with Crippen LogP contribution >= 0.6 is 11.6 Å². The summed E-state index contributed by atoms with van der Waals surface area (Å²) in [5, 5.41) is 0.655. The van der Waals surface area contributed by atoms with Crippen molar-refractivity contribution in [3.8, 4) is 0 Å². The number of hydrogen-bond donors (Lipinski definition) is 2. The summed E-state index contributed by atoms with van der Waals surface area (Å²) in [4.78, 5) is 18.2. The molecule has 1 heterocycles. The predicted octanol–water partition coefficient (Wildman–Crippen LogP) is 2.60. The highest BCUT2D eigenvalue weighted by Crippen LogP contribution is 2.15. The van der Waals surface area contributed by atoms with Crippen LogP contribution in [0.15, 0.2) is 36.4 Å². The molecule has 0 aliphatic heterocycles. The molecule has 0 aliphatic carbocycles. The van der Waals surface area contributed by atoms with Crippen LogP contribution < -0.4 is 11.3 Å². The van der Waals surface area contributed by atoms with Gasteiger partial charge in [0.25, 0.3) is 5.91 Å². The van der Waals surface area contributed by atoms with E-state index in [4.69, 9.17) is 17.4 Å². The number of rotatable bonds is 4. The van der Waals surface area contributed by atoms with E-state index in [1.807, 2.05) is 25.1 Å². The zero-order valence-corrected chi connectivity index (χ0v) is 12.7. The first-order valence-corrected chi connectivity index (χ1v) is 6.82. The van der Waals surface area contributed by atoms with Gasteiger partial charge in [0.2, 0.25) is 0 Å². The number of carbonyl (C=O) groups excluding carboxylic acids is 1. The number of halogens is 1. The Bertz CT molecular complexity index is 660. The fourth-order valence-corrected chi connectivity index (χ4v) is 2.28. The summed E-state index contributed by atoms with van der Waals surface area (Å²) >= 11 is 5.95. The van der Waals surface area contributed by atoms with Crippen molar-refractivity contribution < 1.29 is 4.79 Å². The molecule has 0 radical (unpaired) electrons. The maximum atomic E-state index is 12.5. The third-order valence-electron chi connectivity index (χ3n) is 3.00. The Kier molecular flexibility index (Phi) is 4.77. The Morgan fingerprint density at radius 2 is 2.14 bits per heavy atom. The molecule has 0 saturated carbocycles. The maximum absolute atomic E-state index is 12.5. The molecule has 0 spiro atoms. The molecule has 0 atom stereocenters. The lowest BCUT2D eigenvalue weighted by atomic mass is 10.1. The van der Waals surface area contributed by atoms with E-state index in [0.29, 0.717) is 22.9 Å². The quantitative estimate of drug-likeness (QED) is 0.673. The number of hydrazine groups is 1. The number of benzene rings is 1. The minimum atomic E-state index is -0.100. The van der Waals surface area contributed by atoms with Crippen molar-refractivity contribution in [2.75, 3.05) is 12.5 Å². The average Bonchev–Trinajstić information content (AvgIpc) is 2.45. The Morgan fingerprint density at radius 3 is 2.81 bits per heavy atom. The summed E-state index contributed by atoms with van der Waals surface area (Å²) in [6, 6.07) is 10.8. The van der Waals surface area contributed by atoms with Crippen LogP contribution in [0.4, 0.5) is 5.82 Å². The number of hydrogen-bond acceptors (Lipinski definition) is 4. The zero-order valence-electron chi connectivity index (χ0n) is 11.9. The number of nitrogen functional groups attached to an aromatic ring is 1. The lowest BCUT2D eigenvalue weighted by Gasteiger charge is -2.18. The van der Waals surface area contributed by atoms with Crippen molar-refractivity contribution in [2.24, 2.45) is 5.84 Å². The van der Waals surface area contributed by atoms with Crippen molar-refractivity contribution in [1.82, 2.24) is 9.88 Å². The van der Waals surface area contributed by atoms with Gasteiger partial charge in [0.05, 0.1) is 0 Å². The zero-order chi connectivity index (χ0) is 15.4. The predicted molar refractivity (Wildman–Crippen MR) is 84.0 cm³/mol. The van der Waals surface area contributed by atoms with Gasteiger partial charge in [-0.15, -0.1) is 0 Å². The number of amides is 1. The first-order valence-electron chi connectivity index (χ1n) is 6.45. The number of anilines is 1. The van der Waals surface area contributed by atoms with Crippen molar-refractivity contribution in [3.05, 3.63) is 58.2 Å². The Labute approximate surface area is 128 Å². The van der Waals surface area contributed by atoms with Gasteiger partial charge in [-0.2, -0.15) is 0 Å². The van der Waals surface area contributed by atoms with Gasteiger partial charge in [0, 0.05) is 29.9 Å². The van der Waals surface area contributed by atoms with E-state index in [9.17, 15) is 4.79 Å². The molecule has 0 unspecified atom stereocenters. The standard InChI is InChI=1S/C15H17ClN4O/c1-10-6-12(8-14(18-10)19-17)15(21)20(2)9-11-4-3-5-13(16)7-11/h3-8H,9,17H2,1-2H3,(H,18,19). The van der Waals surface area contributed by atoms with Gasteiger partial charge < -0.3 is 10.3 Å². The third-order valence-corrected chi connectivity index (χ3v) is 3.24. The molecule has 1 aromatic heterocycles. The van der Waals surface area contributed by atoms with Crippen LogP contribution in [0.5, 0.6) is 0 Å². The summed E-state index contributed by atoms with van der Waals surface area (Å²) in [5.41, 5.74) is 4.70. The van der Waals surface area contributed by atoms with E-state index in [1.165, 1.54) is 0 Å². The van der Waals surface area contributed by atoms with E-state index < -0.39 is 0 Å². The van der Waals surface area contributed by atoms with Gasteiger partial charge in [-0.25, -0.2) is 10.8 Å². The molecule has 3 N–H and O–H groups in total. The Balaban J connectivity index is 2.17. The van der Waals surface area contributed by atoms with Gasteiger partial charge in [-0.3, -0.25) is 4.79 Å². The summed E-state index contributed by atoms with van der Waals surface area (Å²) in [6.07, 6.45) is 0. The van der Waals surface area contributed by atoms with E-state index >= 15 is 0 Å². The highest BCUT2D eigenvalue weighted by atomic mass is 35.5. The van der Waals surface area contributed by atoms with Gasteiger partial charge in [0.15, 0.2) is 0 Å². The van der Waals surface area contributed by atoms with Crippen LogP contribution in [0.1, 0.15) is 21.6 Å². The Morgan fingerprint density at radius 1 is 1.38 bits per heavy atom. The van der Waals surface area contributed by atoms with Crippen LogP contribution in [0.2, 0.25) is 5.02 Å². The second-order valence-corrected chi connectivity index (χ2v) is 5.25. The molecule has 0 aliphatic rings. The van der Waals surface area contributed by atoms with Crippen molar-refractivity contribution in [1.29, 1.82) is 0 Å². The number of aromatic nitrogens is 1. The van der Waals surface area contributed by atoms with Crippen LogP contribution in [0, 0.1) is 6.92 Å². The number of carbonyl (C=O) groups is 1. The molecule has 0 fully saturated rings. The minimum Gasteiger partial charge on any atom is -0.337 e. The number of nitrogens with zero attached hydrogens (tertiary/aromatic N) is 2. The lowest BCUT2D eigenvalue weighted by Crippen LogP contribution is -2.26. The summed E-state index contributed by atoms with van der Waals surface area (Å²) in [6.45, 7) is 2.29. The van der Waals surface area contributed by atoms with Gasteiger partial charge in [0.1, 0.15) is 5.82 Å². The minimum absolute atomic E-state index is 0.100. The molecule has 2 aromatic rings. The van der Waals surface area contributed by atoms with E-state index in [2.05, 4.69) is 10.4 Å². The van der Waals surface area contributed by atoms with Crippen LogP contribution in [0.3, 0.4) is 0 Å². The molecular weight excluding hydrogens is 288 g/mol. The molecule has 110 valence electrons. The maximum Gasteiger partial charge on any atom is 0.254 e. The molecule has 0 saturated heterocycles. The fourth-order valence-electron chi connectivity index (χ4n) is 2.07. The molecule has 2 rings (SSSR count). The summed E-state index contributed by atoms with van der Waals surface area (Å²) in [5.74, 6) is 5.72. The second-order valence-electron chi connectivity index (χ2n) is 4.82. The molecular formula is C15H17ClN4O. The Hall–Kier alpha value is -2.11. The first kappa shape index (κ1) is 15.3. The van der Waals surface area contributed by atoms with Gasteiger partial charge >= 0.3 is 0 Å². The smallest absolute Gasteiger partial charge is 0.254 e. The average molecular weight is 305 g/mol. The highest BCUT2D eigenvalue weighted by Gasteiger charge is 2.14.